The number of hydrogen-bond donors (Lipinski definition) is 0. The van der Waals surface area contributed by atoms with Gasteiger partial charge in [0.25, 0.3) is 0 Å². The molecule has 0 spiro atoms. The molecule has 0 unspecified atom stereocenters. The third kappa shape index (κ3) is 11.2. The van der Waals surface area contributed by atoms with Crippen LogP contribution in [0.1, 0.15) is 115 Å². The second kappa shape index (κ2) is 21.1. The Morgan fingerprint density at radius 3 is 1.75 bits per heavy atom. The summed E-state index contributed by atoms with van der Waals surface area (Å²) in [6, 6.07) is 44.6. The zero-order chi connectivity index (χ0) is 36.4. The molecule has 52 heavy (non-hydrogen) atoms. The molecule has 0 radical (unpaired) electrons. The number of allylic oxidation sites excluding steroid dienone is 1. The highest BCUT2D eigenvalue weighted by molar-refractivity contribution is 5.87. The van der Waals surface area contributed by atoms with Crippen LogP contribution in [0.5, 0.6) is 0 Å². The van der Waals surface area contributed by atoms with Crippen LogP contribution in [0.4, 0.5) is 5.69 Å². The number of unbranched alkanes of at least 4 members (excludes halogenated alkanes) is 8. The van der Waals surface area contributed by atoms with E-state index in [1.165, 1.54) is 120 Å². The zero-order valence-corrected chi connectivity index (χ0v) is 32.4. The van der Waals surface area contributed by atoms with E-state index < -0.39 is 0 Å². The summed E-state index contributed by atoms with van der Waals surface area (Å²) >= 11 is 0. The van der Waals surface area contributed by atoms with Crippen molar-refractivity contribution >= 4 is 11.8 Å². The molecule has 5 rings (SSSR count). The molecule has 0 saturated heterocycles. The highest BCUT2D eigenvalue weighted by Gasteiger charge is 2.18. The van der Waals surface area contributed by atoms with Gasteiger partial charge >= 0.3 is 0 Å². The molecule has 2 heteroatoms. The summed E-state index contributed by atoms with van der Waals surface area (Å²) in [6.07, 6.45) is 18.3. The molecular formula is C50H61N2+. The summed E-state index contributed by atoms with van der Waals surface area (Å²) in [6.45, 7) is 9.86. The largest absolute Gasteiger partial charge is 0.208 e. The van der Waals surface area contributed by atoms with E-state index in [2.05, 4.69) is 160 Å². The van der Waals surface area contributed by atoms with Gasteiger partial charge < -0.3 is 0 Å². The third-order valence-corrected chi connectivity index (χ3v) is 10.2. The first kappa shape index (κ1) is 38.7. The summed E-state index contributed by atoms with van der Waals surface area (Å²) in [7, 11) is 0. The van der Waals surface area contributed by atoms with Gasteiger partial charge in [-0.1, -0.05) is 180 Å². The fourth-order valence-electron chi connectivity index (χ4n) is 7.35. The van der Waals surface area contributed by atoms with Crippen LogP contribution >= 0.6 is 0 Å². The van der Waals surface area contributed by atoms with Gasteiger partial charge in [-0.2, -0.15) is 0 Å². The predicted molar refractivity (Wildman–Crippen MR) is 225 cm³/mol. The minimum Gasteiger partial charge on any atom is -0.0882 e. The molecule has 5 aromatic rings. The smallest absolute Gasteiger partial charge is 0.0882 e. The fraction of sp³-hybridized carbons (Fsp3) is 0.360. The van der Waals surface area contributed by atoms with Crippen LogP contribution in [0.2, 0.25) is 0 Å². The summed E-state index contributed by atoms with van der Waals surface area (Å²) in [5, 5.41) is 5.36. The van der Waals surface area contributed by atoms with Crippen LogP contribution < -0.4 is 0 Å². The Bertz CT molecular complexity index is 1850. The molecule has 0 bridgehead atoms. The molecule has 0 amide bonds. The molecule has 0 saturated carbocycles. The van der Waals surface area contributed by atoms with E-state index in [9.17, 15) is 0 Å². The molecule has 0 N–H and O–H groups in total. The van der Waals surface area contributed by atoms with Crippen LogP contribution in [-0.4, -0.2) is 11.2 Å². The number of benzene rings is 5. The van der Waals surface area contributed by atoms with E-state index >= 15 is 0 Å². The van der Waals surface area contributed by atoms with Crippen LogP contribution in [0, 0.1) is 0 Å². The highest BCUT2D eigenvalue weighted by atomic mass is 15.3. The summed E-state index contributed by atoms with van der Waals surface area (Å²) in [4.78, 5) is 0. The molecule has 0 aliphatic rings. The van der Waals surface area contributed by atoms with Crippen molar-refractivity contribution in [3.8, 4) is 33.4 Å². The molecule has 5 aromatic carbocycles. The Morgan fingerprint density at radius 2 is 1.12 bits per heavy atom. The minimum atomic E-state index is 0.805. The lowest BCUT2D eigenvalue weighted by Crippen LogP contribution is -2.08. The van der Waals surface area contributed by atoms with Crippen molar-refractivity contribution in [3.05, 3.63) is 144 Å². The average Bonchev–Trinajstić information content (AvgIpc) is 3.20. The molecule has 0 fully saturated rings. The van der Waals surface area contributed by atoms with E-state index in [1.54, 1.807) is 0 Å². The van der Waals surface area contributed by atoms with Gasteiger partial charge in [-0.05, 0) is 106 Å². The third-order valence-electron chi connectivity index (χ3n) is 10.2. The van der Waals surface area contributed by atoms with Crippen LogP contribution in [0.25, 0.3) is 39.5 Å². The van der Waals surface area contributed by atoms with Crippen LogP contribution in [0.15, 0.2) is 132 Å². The van der Waals surface area contributed by atoms with Gasteiger partial charge in [0.05, 0.1) is 0 Å². The second-order valence-corrected chi connectivity index (χ2v) is 14.2. The van der Waals surface area contributed by atoms with Crippen molar-refractivity contribution < 1.29 is 4.70 Å². The standard InChI is InChI=1S/C50H61N2/c1-5-9-11-13-14-18-26-40-34-46(42-27-20-15-21-28-42)39-47(36-40)51-52(8-4)48(7-3)37-41-35-45(33-19-12-10-6-2)50(44-31-24-17-25-32-44)49(38-41)43-29-22-16-23-30-43/h15-17,20-25,27-32,34-39H,5-14,18-19,26,33H2,1-4H3/q+1. The van der Waals surface area contributed by atoms with Gasteiger partial charge in [0, 0.05) is 12.5 Å². The zero-order valence-electron chi connectivity index (χ0n) is 32.4. The number of azo groups is 2. The lowest BCUT2D eigenvalue weighted by molar-refractivity contribution is -0.539. The minimum absolute atomic E-state index is 0.805. The molecule has 2 nitrogen and oxygen atoms in total. The Labute approximate surface area is 315 Å². The lowest BCUT2D eigenvalue weighted by atomic mass is 9.86. The van der Waals surface area contributed by atoms with Gasteiger partial charge in [-0.25, -0.2) is 0 Å². The maximum absolute atomic E-state index is 5.36. The lowest BCUT2D eigenvalue weighted by Gasteiger charge is -2.18. The topological polar surface area (TPSA) is 15.4 Å². The van der Waals surface area contributed by atoms with E-state index in [4.69, 9.17) is 5.11 Å². The van der Waals surface area contributed by atoms with Crippen molar-refractivity contribution in [1.82, 2.24) is 0 Å². The molecule has 0 atom stereocenters. The maximum atomic E-state index is 5.36. The molecule has 0 heterocycles. The van der Waals surface area contributed by atoms with E-state index in [1.807, 2.05) is 0 Å². The maximum Gasteiger partial charge on any atom is 0.208 e. The van der Waals surface area contributed by atoms with Crippen molar-refractivity contribution in [2.24, 2.45) is 5.11 Å². The Kier molecular flexibility index (Phi) is 15.7. The van der Waals surface area contributed by atoms with E-state index in [0.717, 1.165) is 31.5 Å². The van der Waals surface area contributed by atoms with E-state index in [0.29, 0.717) is 0 Å². The Morgan fingerprint density at radius 1 is 0.538 bits per heavy atom. The summed E-state index contributed by atoms with van der Waals surface area (Å²) in [5.74, 6) is 0. The number of rotatable bonds is 20. The average molecular weight is 690 g/mol. The van der Waals surface area contributed by atoms with Gasteiger partial charge in [-0.3, -0.25) is 0 Å². The predicted octanol–water partition coefficient (Wildman–Crippen LogP) is 15.3. The Balaban J connectivity index is 1.56. The quantitative estimate of drug-likeness (QED) is 0.0439. The summed E-state index contributed by atoms with van der Waals surface area (Å²) < 4.78 is 2.23. The first-order chi connectivity index (χ1) is 25.6. The fourth-order valence-corrected chi connectivity index (χ4v) is 7.35. The highest BCUT2D eigenvalue weighted by Crippen LogP contribution is 2.38. The van der Waals surface area contributed by atoms with Gasteiger partial charge in [-0.15, -0.1) is 0 Å². The van der Waals surface area contributed by atoms with Crippen molar-refractivity contribution in [2.45, 2.75) is 111 Å². The molecule has 0 aliphatic heterocycles. The van der Waals surface area contributed by atoms with Gasteiger partial charge in [0.1, 0.15) is 5.69 Å². The van der Waals surface area contributed by atoms with Crippen LogP contribution in [0.3, 0.4) is 0 Å². The van der Waals surface area contributed by atoms with Crippen molar-refractivity contribution in [2.75, 3.05) is 6.54 Å². The molecule has 270 valence electrons. The van der Waals surface area contributed by atoms with Gasteiger partial charge in [0.15, 0.2) is 6.54 Å². The number of nitrogens with zero attached hydrogens (tertiary/aromatic N) is 2. The van der Waals surface area contributed by atoms with E-state index in [-0.39, 0.29) is 0 Å². The molecular weight excluding hydrogens is 629 g/mol. The first-order valence-electron chi connectivity index (χ1n) is 20.3. The number of aryl methyl sites for hydroxylation is 2. The SMILES string of the molecule is CCCCCCCCc1cc(N=[N+](CC)C(=Cc2cc(CCCCCC)c(-c3ccccc3)c(-c3ccccc3)c2)CC)cc(-c2ccccc2)c1. The number of hydrogen-bond acceptors (Lipinski definition) is 1. The monoisotopic (exact) mass is 689 g/mol. The van der Waals surface area contributed by atoms with Crippen molar-refractivity contribution in [1.29, 1.82) is 0 Å². The van der Waals surface area contributed by atoms with Gasteiger partial charge in [0.2, 0.25) is 5.70 Å². The molecule has 0 aliphatic carbocycles. The first-order valence-corrected chi connectivity index (χ1v) is 20.3. The normalized spacial score (nSPS) is 12.0. The summed E-state index contributed by atoms with van der Waals surface area (Å²) in [5.41, 5.74) is 14.0. The molecule has 0 aromatic heterocycles. The van der Waals surface area contributed by atoms with Crippen molar-refractivity contribution in [3.63, 3.8) is 0 Å². The Hall–Kier alpha value is -4.56. The second-order valence-electron chi connectivity index (χ2n) is 14.2. The van der Waals surface area contributed by atoms with Crippen LogP contribution in [-0.2, 0) is 12.8 Å².